The predicted octanol–water partition coefficient (Wildman–Crippen LogP) is 3.76. The number of benzene rings is 2. The van der Waals surface area contributed by atoms with Gasteiger partial charge in [0.05, 0.1) is 25.0 Å². The minimum absolute atomic E-state index is 0.141. The van der Waals surface area contributed by atoms with Crippen molar-refractivity contribution in [2.24, 2.45) is 0 Å². The Morgan fingerprint density at radius 3 is 2.24 bits per heavy atom. The Morgan fingerprint density at radius 1 is 0.966 bits per heavy atom. The molecule has 1 aromatic heterocycles. The molecule has 0 aliphatic carbocycles. The van der Waals surface area contributed by atoms with Crippen molar-refractivity contribution < 1.29 is 23.8 Å². The molecule has 0 saturated heterocycles. The first-order valence-electron chi connectivity index (χ1n) is 8.77. The number of phenolic OH excluding ortho intramolecular Hbond substituents is 1. The summed E-state index contributed by atoms with van der Waals surface area (Å²) in [5.74, 6) is -0.138. The van der Waals surface area contributed by atoms with E-state index in [9.17, 15) is 19.5 Å². The van der Waals surface area contributed by atoms with Gasteiger partial charge in [0, 0.05) is 0 Å². The number of carbonyl (C=O) groups excluding carboxylic acids is 2. The van der Waals surface area contributed by atoms with E-state index >= 15 is 0 Å². The van der Waals surface area contributed by atoms with Crippen LogP contribution in [0.2, 0.25) is 0 Å². The van der Waals surface area contributed by atoms with E-state index in [1.165, 1.54) is 37.5 Å². The summed E-state index contributed by atoms with van der Waals surface area (Å²) in [6.45, 7) is 0. The van der Waals surface area contributed by atoms with E-state index in [0.29, 0.717) is 22.3 Å². The fraction of sp³-hybridized carbons (Fsp3) is 0.0870. The number of allylic oxidation sites excluding steroid dienone is 2. The fourth-order valence-electron chi connectivity index (χ4n) is 2.68. The van der Waals surface area contributed by atoms with E-state index in [2.05, 4.69) is 0 Å². The molecule has 0 atom stereocenters. The minimum Gasteiger partial charge on any atom is -0.508 e. The number of ketones is 2. The summed E-state index contributed by atoms with van der Waals surface area (Å²) >= 11 is 0. The SMILES string of the molecule is COc1cc(=O)oc2ccc(/C=C/C(=O)CC(=O)/C=C/c3ccc(O)cc3)cc12. The molecule has 3 aromatic rings. The second kappa shape index (κ2) is 8.84. The van der Waals surface area contributed by atoms with Gasteiger partial charge in [0.25, 0.3) is 0 Å². The molecular formula is C23H18O6. The number of methoxy groups -OCH3 is 1. The van der Waals surface area contributed by atoms with Crippen LogP contribution >= 0.6 is 0 Å². The lowest BCUT2D eigenvalue weighted by Gasteiger charge is -2.04. The molecule has 6 nitrogen and oxygen atoms in total. The Kier molecular flexibility index (Phi) is 6.04. The monoisotopic (exact) mass is 390 g/mol. The Morgan fingerprint density at radius 2 is 1.59 bits per heavy atom. The van der Waals surface area contributed by atoms with Crippen molar-refractivity contribution in [3.8, 4) is 11.5 Å². The van der Waals surface area contributed by atoms with Gasteiger partial charge in [-0.05, 0) is 47.5 Å². The van der Waals surface area contributed by atoms with Crippen LogP contribution < -0.4 is 10.4 Å². The van der Waals surface area contributed by atoms with E-state index in [0.717, 1.165) is 5.56 Å². The molecule has 0 bridgehead atoms. The lowest BCUT2D eigenvalue weighted by molar-refractivity contribution is -0.121. The number of fused-ring (bicyclic) bond motifs is 1. The average Bonchev–Trinajstić information content (AvgIpc) is 2.71. The van der Waals surface area contributed by atoms with Gasteiger partial charge in [-0.25, -0.2) is 4.79 Å². The second-order valence-corrected chi connectivity index (χ2v) is 6.26. The molecule has 0 radical (unpaired) electrons. The van der Waals surface area contributed by atoms with Gasteiger partial charge in [0.2, 0.25) is 0 Å². The molecule has 0 unspecified atom stereocenters. The molecule has 2 aromatic carbocycles. The number of phenols is 1. The largest absolute Gasteiger partial charge is 0.508 e. The third-order valence-electron chi connectivity index (χ3n) is 4.11. The lowest BCUT2D eigenvalue weighted by Crippen LogP contribution is -2.02. The van der Waals surface area contributed by atoms with Crippen molar-refractivity contribution in [1.82, 2.24) is 0 Å². The number of hydrogen-bond donors (Lipinski definition) is 1. The first-order chi connectivity index (χ1) is 13.9. The van der Waals surface area contributed by atoms with Crippen LogP contribution in [0.5, 0.6) is 11.5 Å². The summed E-state index contributed by atoms with van der Waals surface area (Å²) in [4.78, 5) is 35.5. The number of ether oxygens (including phenoxy) is 1. The third-order valence-corrected chi connectivity index (χ3v) is 4.11. The highest BCUT2D eigenvalue weighted by molar-refractivity contribution is 6.11. The maximum Gasteiger partial charge on any atom is 0.339 e. The molecule has 0 aliphatic heterocycles. The number of rotatable bonds is 7. The smallest absolute Gasteiger partial charge is 0.339 e. The molecule has 0 amide bonds. The number of aromatic hydroxyl groups is 1. The summed E-state index contributed by atoms with van der Waals surface area (Å²) in [5, 5.41) is 9.84. The third kappa shape index (κ3) is 5.29. The van der Waals surface area contributed by atoms with E-state index < -0.39 is 5.63 Å². The summed E-state index contributed by atoms with van der Waals surface area (Å²) in [6, 6.07) is 12.7. The van der Waals surface area contributed by atoms with Gasteiger partial charge in [0.15, 0.2) is 11.6 Å². The molecule has 146 valence electrons. The van der Waals surface area contributed by atoms with E-state index in [1.54, 1.807) is 42.5 Å². The van der Waals surface area contributed by atoms with Crippen LogP contribution in [0.3, 0.4) is 0 Å². The Balaban J connectivity index is 1.67. The molecule has 0 spiro atoms. The molecule has 0 saturated carbocycles. The summed E-state index contributed by atoms with van der Waals surface area (Å²) in [5.41, 5.74) is 1.32. The number of carbonyl (C=O) groups is 2. The van der Waals surface area contributed by atoms with Gasteiger partial charge in [-0.3, -0.25) is 9.59 Å². The molecule has 1 N–H and O–H groups in total. The van der Waals surface area contributed by atoms with E-state index in [-0.39, 0.29) is 23.7 Å². The van der Waals surface area contributed by atoms with Crippen LogP contribution in [0, 0.1) is 0 Å². The maximum absolute atomic E-state index is 12.1. The van der Waals surface area contributed by atoms with E-state index in [4.69, 9.17) is 9.15 Å². The molecule has 3 rings (SSSR count). The quantitative estimate of drug-likeness (QED) is 0.375. The molecule has 0 fully saturated rings. The number of hydrogen-bond acceptors (Lipinski definition) is 6. The van der Waals surface area contributed by atoms with Crippen LogP contribution in [0.25, 0.3) is 23.1 Å². The van der Waals surface area contributed by atoms with Crippen LogP contribution in [-0.2, 0) is 9.59 Å². The standard InChI is InChI=1S/C23H18O6/c1-28-22-14-23(27)29-21-11-6-16(12-20(21)22)5-10-19(26)13-18(25)9-4-15-2-7-17(24)8-3-15/h2-12,14,24H,13H2,1H3/b9-4+,10-5+. The first-order valence-corrected chi connectivity index (χ1v) is 8.77. The minimum atomic E-state index is -0.508. The van der Waals surface area contributed by atoms with Gasteiger partial charge in [-0.1, -0.05) is 30.4 Å². The van der Waals surface area contributed by atoms with Crippen LogP contribution in [0.1, 0.15) is 17.5 Å². The molecule has 0 aliphatic rings. The summed E-state index contributed by atoms with van der Waals surface area (Å²) < 4.78 is 10.3. The topological polar surface area (TPSA) is 93.8 Å². The molecule has 1 heterocycles. The summed E-state index contributed by atoms with van der Waals surface area (Å²) in [6.07, 6.45) is 5.59. The molecule has 6 heteroatoms. The van der Waals surface area contributed by atoms with Gasteiger partial charge >= 0.3 is 5.63 Å². The zero-order valence-corrected chi connectivity index (χ0v) is 15.6. The Bertz CT molecular complexity index is 1170. The maximum atomic E-state index is 12.1. The van der Waals surface area contributed by atoms with Crippen molar-refractivity contribution in [2.75, 3.05) is 7.11 Å². The molecule has 29 heavy (non-hydrogen) atoms. The highest BCUT2D eigenvalue weighted by atomic mass is 16.5. The first kappa shape index (κ1) is 19.8. The highest BCUT2D eigenvalue weighted by Crippen LogP contribution is 2.25. The van der Waals surface area contributed by atoms with Crippen molar-refractivity contribution in [3.63, 3.8) is 0 Å². The average molecular weight is 390 g/mol. The van der Waals surface area contributed by atoms with Crippen molar-refractivity contribution in [1.29, 1.82) is 0 Å². The summed E-state index contributed by atoms with van der Waals surface area (Å²) in [7, 11) is 1.46. The van der Waals surface area contributed by atoms with Crippen molar-refractivity contribution in [2.45, 2.75) is 6.42 Å². The zero-order valence-electron chi connectivity index (χ0n) is 15.6. The van der Waals surface area contributed by atoms with Crippen LogP contribution in [0.4, 0.5) is 0 Å². The van der Waals surface area contributed by atoms with Gasteiger partial charge in [0.1, 0.15) is 17.1 Å². The fourth-order valence-corrected chi connectivity index (χ4v) is 2.68. The highest BCUT2D eigenvalue weighted by Gasteiger charge is 2.07. The lowest BCUT2D eigenvalue weighted by atomic mass is 10.1. The van der Waals surface area contributed by atoms with Crippen LogP contribution in [-0.4, -0.2) is 23.8 Å². The zero-order chi connectivity index (χ0) is 20.8. The van der Waals surface area contributed by atoms with Gasteiger partial charge in [-0.2, -0.15) is 0 Å². The van der Waals surface area contributed by atoms with Gasteiger partial charge < -0.3 is 14.3 Å². The molecular weight excluding hydrogens is 372 g/mol. The van der Waals surface area contributed by atoms with Crippen molar-refractivity contribution in [3.05, 3.63) is 82.2 Å². The van der Waals surface area contributed by atoms with Crippen LogP contribution in [0.15, 0.2) is 69.9 Å². The van der Waals surface area contributed by atoms with Gasteiger partial charge in [-0.15, -0.1) is 0 Å². The van der Waals surface area contributed by atoms with Crippen molar-refractivity contribution >= 4 is 34.7 Å². The Hall–Kier alpha value is -3.93. The Labute approximate surface area is 166 Å². The predicted molar refractivity (Wildman–Crippen MR) is 110 cm³/mol. The normalized spacial score (nSPS) is 11.3. The second-order valence-electron chi connectivity index (χ2n) is 6.26. The van der Waals surface area contributed by atoms with E-state index in [1.807, 2.05) is 0 Å².